The van der Waals surface area contributed by atoms with Crippen LogP contribution in [0.15, 0.2) is 36.4 Å². The van der Waals surface area contributed by atoms with E-state index >= 15 is 0 Å². The zero-order valence-electron chi connectivity index (χ0n) is 17.7. The second kappa shape index (κ2) is 11.4. The summed E-state index contributed by atoms with van der Waals surface area (Å²) in [4.78, 5) is 26.7. The van der Waals surface area contributed by atoms with Gasteiger partial charge in [0.1, 0.15) is 18.5 Å². The average Bonchev–Trinajstić information content (AvgIpc) is 2.71. The Morgan fingerprint density at radius 1 is 1.24 bits per heavy atom. The Morgan fingerprint density at radius 3 is 2.66 bits per heavy atom. The zero-order valence-corrected chi connectivity index (χ0v) is 17.7. The molecule has 1 aromatic rings. The average molecular weight is 402 g/mol. The smallest absolute Gasteiger partial charge is 0.252 e. The third-order valence-corrected chi connectivity index (χ3v) is 4.76. The number of likely N-dealkylation sites (N-methyl/N-ethyl adjacent to an activating group) is 1. The molecule has 0 spiro atoms. The molecule has 0 bridgehead atoms. The van der Waals surface area contributed by atoms with Gasteiger partial charge in [0.25, 0.3) is 5.91 Å². The summed E-state index contributed by atoms with van der Waals surface area (Å²) >= 11 is 0. The van der Waals surface area contributed by atoms with Gasteiger partial charge in [0.2, 0.25) is 6.41 Å². The minimum Gasteiger partial charge on any atom is -0.492 e. The molecule has 29 heavy (non-hydrogen) atoms. The Kier molecular flexibility index (Phi) is 8.89. The fourth-order valence-corrected chi connectivity index (χ4v) is 3.01. The van der Waals surface area contributed by atoms with Gasteiger partial charge in [-0.25, -0.2) is 0 Å². The molecule has 0 aromatic heterocycles. The van der Waals surface area contributed by atoms with Crippen molar-refractivity contribution in [1.29, 1.82) is 0 Å². The van der Waals surface area contributed by atoms with Crippen LogP contribution in [0.4, 0.5) is 5.69 Å². The summed E-state index contributed by atoms with van der Waals surface area (Å²) in [6.45, 7) is 6.97. The van der Waals surface area contributed by atoms with Gasteiger partial charge in [-0.15, -0.1) is 0 Å². The van der Waals surface area contributed by atoms with E-state index in [1.54, 1.807) is 19.0 Å². The first-order chi connectivity index (χ1) is 13.9. The van der Waals surface area contributed by atoms with Crippen molar-refractivity contribution in [1.82, 2.24) is 9.80 Å². The maximum Gasteiger partial charge on any atom is 0.252 e. The van der Waals surface area contributed by atoms with Gasteiger partial charge in [0.05, 0.1) is 6.61 Å². The summed E-state index contributed by atoms with van der Waals surface area (Å²) in [7, 11) is 3.47. The molecule has 7 heteroatoms. The molecule has 0 saturated carbocycles. The van der Waals surface area contributed by atoms with Gasteiger partial charge in [-0.3, -0.25) is 14.5 Å². The van der Waals surface area contributed by atoms with E-state index in [0.717, 1.165) is 29.1 Å². The highest BCUT2D eigenvalue weighted by molar-refractivity contribution is 5.80. The lowest BCUT2D eigenvalue weighted by Crippen LogP contribution is -2.50. The van der Waals surface area contributed by atoms with Crippen molar-refractivity contribution >= 4 is 18.0 Å². The van der Waals surface area contributed by atoms with Crippen molar-refractivity contribution in [2.45, 2.75) is 20.0 Å². The lowest BCUT2D eigenvalue weighted by Gasteiger charge is -2.33. The molecule has 7 nitrogen and oxygen atoms in total. The molecule has 1 N–H and O–H groups in total. The SMILES string of the molecule is Cc1ccccc(C)c(OCCN2CCOC(C(=O)N(C)C)C2)ccc1NC=O. The second-order valence-corrected chi connectivity index (χ2v) is 7.20. The number of morpholine rings is 1. The van der Waals surface area contributed by atoms with Gasteiger partial charge in [-0.2, -0.15) is 0 Å². The topological polar surface area (TPSA) is 71.1 Å². The third-order valence-electron chi connectivity index (χ3n) is 4.76. The number of aryl methyl sites for hydroxylation is 2. The van der Waals surface area contributed by atoms with Gasteiger partial charge in [0, 0.05) is 39.4 Å². The van der Waals surface area contributed by atoms with Crippen LogP contribution in [-0.2, 0) is 14.3 Å². The number of carbonyl (C=O) groups excluding carboxylic acids is 2. The number of hydrogen-bond acceptors (Lipinski definition) is 5. The minimum atomic E-state index is -0.423. The van der Waals surface area contributed by atoms with Crippen LogP contribution in [0, 0.1) is 13.8 Å². The van der Waals surface area contributed by atoms with E-state index in [9.17, 15) is 9.59 Å². The Labute approximate surface area is 172 Å². The number of rotatable bonds is 7. The predicted molar refractivity (Wildman–Crippen MR) is 114 cm³/mol. The molecule has 0 aliphatic carbocycles. The van der Waals surface area contributed by atoms with Crippen molar-refractivity contribution in [2.24, 2.45) is 0 Å². The van der Waals surface area contributed by atoms with Crippen LogP contribution >= 0.6 is 0 Å². The van der Waals surface area contributed by atoms with Crippen LogP contribution in [0.1, 0.15) is 11.1 Å². The normalized spacial score (nSPS) is 16.5. The standard InChI is InChI=1S/C22H31N3O4/c1-17-7-5-6-8-18(2)20(10-9-19(17)23-16-26)28-13-11-25-12-14-29-21(15-25)22(27)24(3)4/h5-10,16,21H,11-15H2,1-4H3,(H,23,26). The highest BCUT2D eigenvalue weighted by Gasteiger charge is 2.27. The summed E-state index contributed by atoms with van der Waals surface area (Å²) in [5.74, 6) is 0.726. The second-order valence-electron chi connectivity index (χ2n) is 7.20. The molecule has 0 radical (unpaired) electrons. The van der Waals surface area contributed by atoms with E-state index in [4.69, 9.17) is 9.47 Å². The number of ether oxygens (including phenoxy) is 2. The monoisotopic (exact) mass is 401 g/mol. The van der Waals surface area contributed by atoms with Crippen molar-refractivity contribution < 1.29 is 19.1 Å². The van der Waals surface area contributed by atoms with Crippen LogP contribution in [0.3, 0.4) is 0 Å². The van der Waals surface area contributed by atoms with Gasteiger partial charge in [-0.05, 0) is 37.1 Å². The number of carbonyl (C=O) groups is 2. The minimum absolute atomic E-state index is 0.0139. The summed E-state index contributed by atoms with van der Waals surface area (Å²) in [6, 6.07) is 11.5. The predicted octanol–water partition coefficient (Wildman–Crippen LogP) is 2.16. The fraction of sp³-hybridized carbons (Fsp3) is 0.455. The molecule has 1 heterocycles. The lowest BCUT2D eigenvalue weighted by molar-refractivity contribution is -0.146. The van der Waals surface area contributed by atoms with E-state index < -0.39 is 6.10 Å². The van der Waals surface area contributed by atoms with Crippen molar-refractivity contribution in [3.05, 3.63) is 47.5 Å². The van der Waals surface area contributed by atoms with Crippen LogP contribution in [0.2, 0.25) is 0 Å². The van der Waals surface area contributed by atoms with Gasteiger partial charge in [0.15, 0.2) is 0 Å². The molecule has 1 fully saturated rings. The first kappa shape index (κ1) is 22.6. The van der Waals surface area contributed by atoms with Crippen LogP contribution in [0.25, 0.3) is 0 Å². The van der Waals surface area contributed by atoms with E-state index in [1.807, 2.05) is 50.2 Å². The van der Waals surface area contributed by atoms with Crippen LogP contribution < -0.4 is 10.1 Å². The molecule has 1 aliphatic rings. The van der Waals surface area contributed by atoms with E-state index in [2.05, 4.69) is 10.2 Å². The number of hydrogen-bond donors (Lipinski definition) is 1. The maximum absolute atomic E-state index is 12.1. The van der Waals surface area contributed by atoms with Crippen LogP contribution in [-0.4, -0.2) is 75.2 Å². The maximum atomic E-state index is 12.1. The first-order valence-corrected chi connectivity index (χ1v) is 9.75. The largest absolute Gasteiger partial charge is 0.492 e. The molecule has 2 rings (SSSR count). The molecule has 1 unspecified atom stereocenters. The highest BCUT2D eigenvalue weighted by atomic mass is 16.5. The number of anilines is 1. The molecular formula is C22H31N3O4. The lowest BCUT2D eigenvalue weighted by atomic mass is 10.2. The van der Waals surface area contributed by atoms with Gasteiger partial charge < -0.3 is 19.7 Å². The highest BCUT2D eigenvalue weighted by Crippen LogP contribution is 2.18. The van der Waals surface area contributed by atoms with Crippen molar-refractivity contribution in [3.8, 4) is 5.75 Å². The van der Waals surface area contributed by atoms with Gasteiger partial charge in [-0.1, -0.05) is 24.3 Å². The molecule has 1 saturated heterocycles. The molecule has 1 atom stereocenters. The van der Waals surface area contributed by atoms with E-state index in [0.29, 0.717) is 32.7 Å². The quantitative estimate of drug-likeness (QED) is 0.709. The molecule has 2 amide bonds. The summed E-state index contributed by atoms with van der Waals surface area (Å²) in [5.41, 5.74) is 2.65. The zero-order chi connectivity index (χ0) is 21.2. The Balaban J connectivity index is 2.06. The summed E-state index contributed by atoms with van der Waals surface area (Å²) in [6.07, 6.45) is 0.243. The van der Waals surface area contributed by atoms with Crippen LogP contribution in [0.5, 0.6) is 5.75 Å². The van der Waals surface area contributed by atoms with Gasteiger partial charge >= 0.3 is 0 Å². The number of nitrogens with one attached hydrogen (secondary N) is 1. The molecule has 158 valence electrons. The summed E-state index contributed by atoms with van der Waals surface area (Å²) in [5, 5.41) is 2.72. The first-order valence-electron chi connectivity index (χ1n) is 9.75. The number of nitrogens with zero attached hydrogens (tertiary/aromatic N) is 2. The Morgan fingerprint density at radius 2 is 1.97 bits per heavy atom. The van der Waals surface area contributed by atoms with Crippen molar-refractivity contribution in [2.75, 3.05) is 52.3 Å². The molecule has 1 aromatic carbocycles. The van der Waals surface area contributed by atoms with E-state index in [-0.39, 0.29) is 5.91 Å². The van der Waals surface area contributed by atoms with Crippen molar-refractivity contribution in [3.63, 3.8) is 0 Å². The summed E-state index contributed by atoms with van der Waals surface area (Å²) < 4.78 is 11.6. The fourth-order valence-electron chi connectivity index (χ4n) is 3.01. The van der Waals surface area contributed by atoms with E-state index in [1.165, 1.54) is 0 Å². The Hall–Kier alpha value is -2.64. The molecule has 1 aliphatic heterocycles. The third kappa shape index (κ3) is 7.03. The Bertz CT molecular complexity index is 766. The molecular weight excluding hydrogens is 370 g/mol. The number of amides is 2.